The van der Waals surface area contributed by atoms with Gasteiger partial charge in [0, 0.05) is 23.1 Å². The van der Waals surface area contributed by atoms with Gasteiger partial charge in [0.25, 0.3) is 5.91 Å². The predicted molar refractivity (Wildman–Crippen MR) is 79.2 cm³/mol. The van der Waals surface area contributed by atoms with Gasteiger partial charge in [0.2, 0.25) is 0 Å². The molecule has 2 atom stereocenters. The first-order valence-electron chi connectivity index (χ1n) is 6.91. The van der Waals surface area contributed by atoms with Gasteiger partial charge in [0.1, 0.15) is 0 Å². The number of rotatable bonds is 1. The van der Waals surface area contributed by atoms with Gasteiger partial charge in [-0.05, 0) is 56.0 Å². The van der Waals surface area contributed by atoms with E-state index in [0.29, 0.717) is 5.92 Å². The maximum atomic E-state index is 12.6. The van der Waals surface area contributed by atoms with Crippen molar-refractivity contribution in [3.63, 3.8) is 0 Å². The monoisotopic (exact) mass is 322 g/mol. The Morgan fingerprint density at radius 1 is 1.37 bits per heavy atom. The van der Waals surface area contributed by atoms with Crippen molar-refractivity contribution in [2.75, 3.05) is 26.2 Å². The second-order valence-corrected chi connectivity index (χ2v) is 6.59. The fraction of sp³-hybridized carbons (Fsp3) is 0.533. The van der Waals surface area contributed by atoms with Crippen LogP contribution in [-0.2, 0) is 0 Å². The third-order valence-electron chi connectivity index (χ3n) is 4.42. The number of aryl methyl sites for hydroxylation is 1. The van der Waals surface area contributed by atoms with Crippen LogP contribution in [0.25, 0.3) is 0 Å². The fourth-order valence-electron chi connectivity index (χ4n) is 3.21. The van der Waals surface area contributed by atoms with Gasteiger partial charge in [0.05, 0.1) is 0 Å². The molecule has 1 aromatic carbocycles. The molecule has 0 bridgehead atoms. The van der Waals surface area contributed by atoms with E-state index in [0.717, 1.165) is 54.1 Å². The highest BCUT2D eigenvalue weighted by atomic mass is 79.9. The van der Waals surface area contributed by atoms with Crippen LogP contribution in [0.1, 0.15) is 22.3 Å². The van der Waals surface area contributed by atoms with E-state index in [4.69, 9.17) is 0 Å². The molecular weight excluding hydrogens is 304 g/mol. The molecule has 2 aliphatic rings. The van der Waals surface area contributed by atoms with Crippen molar-refractivity contribution in [1.82, 2.24) is 10.2 Å². The average molecular weight is 323 g/mol. The molecule has 1 N–H and O–H groups in total. The van der Waals surface area contributed by atoms with Gasteiger partial charge < -0.3 is 10.2 Å². The lowest BCUT2D eigenvalue weighted by Gasteiger charge is -2.34. The Kier molecular flexibility index (Phi) is 3.63. The zero-order valence-corrected chi connectivity index (χ0v) is 12.7. The highest BCUT2D eigenvalue weighted by Gasteiger charge is 2.34. The van der Waals surface area contributed by atoms with Crippen LogP contribution in [-0.4, -0.2) is 37.0 Å². The van der Waals surface area contributed by atoms with Crippen molar-refractivity contribution in [3.05, 3.63) is 33.8 Å². The van der Waals surface area contributed by atoms with E-state index in [2.05, 4.69) is 21.2 Å². The molecule has 2 saturated heterocycles. The molecule has 1 aromatic rings. The second kappa shape index (κ2) is 5.25. The van der Waals surface area contributed by atoms with Gasteiger partial charge in [-0.3, -0.25) is 4.79 Å². The van der Waals surface area contributed by atoms with E-state index >= 15 is 0 Å². The molecular formula is C15H19BrN2O. The van der Waals surface area contributed by atoms with Crippen molar-refractivity contribution in [1.29, 1.82) is 0 Å². The molecule has 3 rings (SSSR count). The van der Waals surface area contributed by atoms with Crippen molar-refractivity contribution < 1.29 is 4.79 Å². The van der Waals surface area contributed by atoms with Crippen LogP contribution in [0.4, 0.5) is 0 Å². The number of carbonyl (C=O) groups is 1. The van der Waals surface area contributed by atoms with Gasteiger partial charge in [-0.1, -0.05) is 22.0 Å². The second-order valence-electron chi connectivity index (χ2n) is 5.68. The molecule has 0 saturated carbocycles. The van der Waals surface area contributed by atoms with Crippen molar-refractivity contribution in [2.45, 2.75) is 13.3 Å². The Morgan fingerprint density at radius 2 is 2.16 bits per heavy atom. The van der Waals surface area contributed by atoms with Gasteiger partial charge >= 0.3 is 0 Å². The van der Waals surface area contributed by atoms with E-state index in [9.17, 15) is 4.79 Å². The summed E-state index contributed by atoms with van der Waals surface area (Å²) in [5.41, 5.74) is 1.89. The van der Waals surface area contributed by atoms with Gasteiger partial charge in [0.15, 0.2) is 0 Å². The number of hydrogen-bond acceptors (Lipinski definition) is 2. The standard InChI is InChI=1S/C15H19BrN2O/c1-10-2-3-13(16)6-14(10)15(19)18-5-4-11-7-17-8-12(11)9-18/h2-3,6,11-12,17H,4-5,7-9H2,1H3. The Morgan fingerprint density at radius 3 is 3.00 bits per heavy atom. The summed E-state index contributed by atoms with van der Waals surface area (Å²) < 4.78 is 0.971. The van der Waals surface area contributed by atoms with Gasteiger partial charge in [-0.25, -0.2) is 0 Å². The van der Waals surface area contributed by atoms with E-state index in [-0.39, 0.29) is 5.91 Å². The minimum atomic E-state index is 0.184. The highest BCUT2D eigenvalue weighted by molar-refractivity contribution is 9.10. The molecule has 4 heteroatoms. The van der Waals surface area contributed by atoms with Crippen molar-refractivity contribution in [2.24, 2.45) is 11.8 Å². The zero-order valence-electron chi connectivity index (χ0n) is 11.2. The number of hydrogen-bond donors (Lipinski definition) is 1. The minimum absolute atomic E-state index is 0.184. The number of carbonyl (C=O) groups excluding carboxylic acids is 1. The van der Waals surface area contributed by atoms with Crippen LogP contribution < -0.4 is 5.32 Å². The van der Waals surface area contributed by atoms with E-state index in [1.807, 2.05) is 30.0 Å². The molecule has 2 aliphatic heterocycles. The highest BCUT2D eigenvalue weighted by Crippen LogP contribution is 2.28. The molecule has 3 nitrogen and oxygen atoms in total. The molecule has 102 valence electrons. The summed E-state index contributed by atoms with van der Waals surface area (Å²) in [6.45, 7) is 5.99. The first-order valence-corrected chi connectivity index (χ1v) is 7.70. The number of amides is 1. The number of nitrogens with zero attached hydrogens (tertiary/aromatic N) is 1. The van der Waals surface area contributed by atoms with Gasteiger partial charge in [-0.2, -0.15) is 0 Å². The summed E-state index contributed by atoms with van der Waals surface area (Å²) in [7, 11) is 0. The Hall–Kier alpha value is -0.870. The summed E-state index contributed by atoms with van der Waals surface area (Å²) in [6.07, 6.45) is 1.14. The normalized spacial score (nSPS) is 26.3. The maximum Gasteiger partial charge on any atom is 0.254 e. The summed E-state index contributed by atoms with van der Waals surface area (Å²) in [6, 6.07) is 5.93. The molecule has 0 spiro atoms. The predicted octanol–water partition coefficient (Wildman–Crippen LogP) is 2.44. The fourth-order valence-corrected chi connectivity index (χ4v) is 3.58. The van der Waals surface area contributed by atoms with Crippen LogP contribution in [0.2, 0.25) is 0 Å². The number of nitrogens with one attached hydrogen (secondary N) is 1. The van der Waals surface area contributed by atoms with Crippen LogP contribution >= 0.6 is 15.9 Å². The zero-order chi connectivity index (χ0) is 13.4. The van der Waals surface area contributed by atoms with Crippen molar-refractivity contribution >= 4 is 21.8 Å². The summed E-state index contributed by atoms with van der Waals surface area (Å²) in [5, 5.41) is 3.44. The number of likely N-dealkylation sites (tertiary alicyclic amines) is 1. The summed E-state index contributed by atoms with van der Waals surface area (Å²) in [5.74, 6) is 1.60. The number of halogens is 1. The maximum absolute atomic E-state index is 12.6. The Bertz CT molecular complexity index is 503. The molecule has 0 aromatic heterocycles. The first kappa shape index (κ1) is 13.1. The molecule has 2 fully saturated rings. The summed E-state index contributed by atoms with van der Waals surface area (Å²) >= 11 is 3.45. The minimum Gasteiger partial charge on any atom is -0.338 e. The molecule has 1 amide bonds. The largest absolute Gasteiger partial charge is 0.338 e. The number of piperidine rings is 1. The van der Waals surface area contributed by atoms with Crippen LogP contribution in [0.5, 0.6) is 0 Å². The smallest absolute Gasteiger partial charge is 0.254 e. The third kappa shape index (κ3) is 2.56. The quantitative estimate of drug-likeness (QED) is 0.861. The molecule has 2 unspecified atom stereocenters. The molecule has 2 heterocycles. The van der Waals surface area contributed by atoms with Crippen LogP contribution in [0.3, 0.4) is 0 Å². The molecule has 0 radical (unpaired) electrons. The third-order valence-corrected chi connectivity index (χ3v) is 4.91. The molecule has 0 aliphatic carbocycles. The lowest BCUT2D eigenvalue weighted by atomic mass is 9.88. The average Bonchev–Trinajstić information content (AvgIpc) is 2.88. The lowest BCUT2D eigenvalue weighted by Crippen LogP contribution is -2.43. The Balaban J connectivity index is 1.78. The number of fused-ring (bicyclic) bond motifs is 1. The Labute approximate surface area is 122 Å². The number of benzene rings is 1. The first-order chi connectivity index (χ1) is 9.15. The van der Waals surface area contributed by atoms with Crippen LogP contribution in [0, 0.1) is 18.8 Å². The van der Waals surface area contributed by atoms with Crippen molar-refractivity contribution in [3.8, 4) is 0 Å². The van der Waals surface area contributed by atoms with Crippen LogP contribution in [0.15, 0.2) is 22.7 Å². The molecule has 19 heavy (non-hydrogen) atoms. The van der Waals surface area contributed by atoms with E-state index in [1.165, 1.54) is 0 Å². The van der Waals surface area contributed by atoms with E-state index in [1.54, 1.807) is 0 Å². The lowest BCUT2D eigenvalue weighted by molar-refractivity contribution is 0.0641. The topological polar surface area (TPSA) is 32.3 Å². The SMILES string of the molecule is Cc1ccc(Br)cc1C(=O)N1CCC2CNCC2C1. The van der Waals surface area contributed by atoms with Gasteiger partial charge in [-0.15, -0.1) is 0 Å². The van der Waals surface area contributed by atoms with E-state index < -0.39 is 0 Å². The summed E-state index contributed by atoms with van der Waals surface area (Å²) in [4.78, 5) is 14.7.